The van der Waals surface area contributed by atoms with E-state index in [0.29, 0.717) is 19.6 Å². The molecule has 1 rings (SSSR count). The van der Waals surface area contributed by atoms with Crippen LogP contribution in [0.15, 0.2) is 30.3 Å². The molecule has 0 aliphatic heterocycles. The van der Waals surface area contributed by atoms with Crippen molar-refractivity contribution in [2.75, 3.05) is 38.2 Å². The van der Waals surface area contributed by atoms with Crippen LogP contribution in [0.1, 0.15) is 13.8 Å². The third-order valence-electron chi connectivity index (χ3n) is 3.41. The molecule has 20 heavy (non-hydrogen) atoms. The van der Waals surface area contributed by atoms with Crippen LogP contribution in [0.3, 0.4) is 0 Å². The largest absolute Gasteiger partial charge is 0.395 e. The van der Waals surface area contributed by atoms with E-state index in [-0.39, 0.29) is 18.7 Å². The fraction of sp³-hybridized carbons (Fsp3) is 0.533. The summed E-state index contributed by atoms with van der Waals surface area (Å²) in [6.07, 6.45) is 0. The molecule has 0 aliphatic carbocycles. The van der Waals surface area contributed by atoms with Crippen LogP contribution >= 0.6 is 0 Å². The summed E-state index contributed by atoms with van der Waals surface area (Å²) < 4.78 is 0. The third kappa shape index (κ3) is 4.74. The number of carbonyl (C=O) groups is 1. The lowest BCUT2D eigenvalue weighted by Crippen LogP contribution is -2.46. The SMILES string of the molecule is CCN(CCO)C(=O)NCC(C)N(C)c1ccccc1. The molecule has 0 bridgehead atoms. The van der Waals surface area contributed by atoms with E-state index in [4.69, 9.17) is 5.11 Å². The van der Waals surface area contributed by atoms with Crippen LogP contribution in [0, 0.1) is 0 Å². The van der Waals surface area contributed by atoms with E-state index < -0.39 is 0 Å². The van der Waals surface area contributed by atoms with Crippen LogP contribution in [0.2, 0.25) is 0 Å². The number of hydrogen-bond donors (Lipinski definition) is 2. The van der Waals surface area contributed by atoms with Gasteiger partial charge in [-0.25, -0.2) is 4.79 Å². The number of urea groups is 1. The second-order valence-electron chi connectivity index (χ2n) is 4.78. The first-order valence-electron chi connectivity index (χ1n) is 7.01. The molecule has 1 aromatic carbocycles. The maximum atomic E-state index is 11.9. The van der Waals surface area contributed by atoms with Crippen LogP contribution in [-0.4, -0.2) is 55.4 Å². The molecule has 0 radical (unpaired) electrons. The average molecular weight is 279 g/mol. The summed E-state index contributed by atoms with van der Waals surface area (Å²) in [7, 11) is 2.01. The Labute approximate surface area is 121 Å². The Morgan fingerprint density at radius 2 is 2.00 bits per heavy atom. The molecule has 1 atom stereocenters. The molecule has 5 nitrogen and oxygen atoms in total. The van der Waals surface area contributed by atoms with Gasteiger partial charge >= 0.3 is 6.03 Å². The summed E-state index contributed by atoms with van der Waals surface area (Å²) in [5, 5.41) is 11.8. The molecule has 1 unspecified atom stereocenters. The van der Waals surface area contributed by atoms with E-state index in [0.717, 1.165) is 5.69 Å². The van der Waals surface area contributed by atoms with E-state index in [1.165, 1.54) is 0 Å². The minimum Gasteiger partial charge on any atom is -0.395 e. The second-order valence-corrected chi connectivity index (χ2v) is 4.78. The number of hydrogen-bond acceptors (Lipinski definition) is 3. The molecule has 2 amide bonds. The molecular weight excluding hydrogens is 254 g/mol. The molecule has 0 saturated carbocycles. The van der Waals surface area contributed by atoms with Gasteiger partial charge in [0.15, 0.2) is 0 Å². The summed E-state index contributed by atoms with van der Waals surface area (Å²) in [6.45, 7) is 5.47. The average Bonchev–Trinajstić information content (AvgIpc) is 2.49. The van der Waals surface area contributed by atoms with Gasteiger partial charge in [-0.1, -0.05) is 18.2 Å². The van der Waals surface area contributed by atoms with Gasteiger partial charge in [-0.05, 0) is 26.0 Å². The zero-order valence-corrected chi connectivity index (χ0v) is 12.5. The van der Waals surface area contributed by atoms with Crippen LogP contribution in [0.25, 0.3) is 0 Å². The summed E-state index contributed by atoms with van der Waals surface area (Å²) in [4.78, 5) is 15.6. The van der Waals surface area contributed by atoms with Crippen LogP contribution in [0.5, 0.6) is 0 Å². The summed E-state index contributed by atoms with van der Waals surface area (Å²) >= 11 is 0. The number of rotatable bonds is 7. The first kappa shape index (κ1) is 16.3. The lowest BCUT2D eigenvalue weighted by Gasteiger charge is -2.28. The van der Waals surface area contributed by atoms with Gasteiger partial charge in [-0.3, -0.25) is 0 Å². The molecule has 0 fully saturated rings. The summed E-state index contributed by atoms with van der Waals surface area (Å²) in [5.74, 6) is 0. The summed E-state index contributed by atoms with van der Waals surface area (Å²) in [5.41, 5.74) is 1.12. The number of carbonyl (C=O) groups excluding carboxylic acids is 1. The molecule has 5 heteroatoms. The van der Waals surface area contributed by atoms with E-state index in [1.807, 2.05) is 44.3 Å². The minimum absolute atomic E-state index is 0.0132. The minimum atomic E-state index is -0.130. The van der Waals surface area contributed by atoms with Gasteiger partial charge in [0, 0.05) is 38.4 Å². The van der Waals surface area contributed by atoms with Crippen molar-refractivity contribution in [3.8, 4) is 0 Å². The molecular formula is C15H25N3O2. The van der Waals surface area contributed by atoms with Gasteiger partial charge in [0.1, 0.15) is 0 Å². The van der Waals surface area contributed by atoms with Crippen LogP contribution in [-0.2, 0) is 0 Å². The molecule has 0 spiro atoms. The lowest BCUT2D eigenvalue weighted by atomic mass is 10.2. The topological polar surface area (TPSA) is 55.8 Å². The molecule has 0 aliphatic rings. The second kappa shape index (κ2) is 8.43. The van der Waals surface area contributed by atoms with Gasteiger partial charge in [0.2, 0.25) is 0 Å². The Morgan fingerprint density at radius 1 is 1.35 bits per heavy atom. The van der Waals surface area contributed by atoms with E-state index >= 15 is 0 Å². The number of amides is 2. The van der Waals surface area contributed by atoms with E-state index in [1.54, 1.807) is 4.90 Å². The maximum absolute atomic E-state index is 11.9. The van der Waals surface area contributed by atoms with Crippen molar-refractivity contribution in [2.24, 2.45) is 0 Å². The smallest absolute Gasteiger partial charge is 0.317 e. The Kier molecular flexibility index (Phi) is 6.87. The number of likely N-dealkylation sites (N-methyl/N-ethyl adjacent to an activating group) is 2. The number of para-hydroxylation sites is 1. The summed E-state index contributed by atoms with van der Waals surface area (Å²) in [6, 6.07) is 10.1. The highest BCUT2D eigenvalue weighted by Gasteiger charge is 2.14. The quantitative estimate of drug-likeness (QED) is 0.796. The van der Waals surface area contributed by atoms with Gasteiger partial charge in [0.05, 0.1) is 6.61 Å². The number of benzene rings is 1. The van der Waals surface area contributed by atoms with Crippen molar-refractivity contribution in [1.82, 2.24) is 10.2 Å². The molecule has 0 heterocycles. The molecule has 0 saturated heterocycles. The first-order valence-corrected chi connectivity index (χ1v) is 7.01. The normalized spacial score (nSPS) is 11.8. The van der Waals surface area contributed by atoms with E-state index in [9.17, 15) is 4.79 Å². The van der Waals surface area contributed by atoms with Gasteiger partial charge in [-0.15, -0.1) is 0 Å². The number of aliphatic hydroxyl groups is 1. The number of aliphatic hydroxyl groups excluding tert-OH is 1. The van der Waals surface area contributed by atoms with E-state index in [2.05, 4.69) is 17.1 Å². The number of nitrogens with one attached hydrogen (secondary N) is 1. The Bertz CT molecular complexity index is 397. The van der Waals surface area contributed by atoms with Crippen molar-refractivity contribution >= 4 is 11.7 Å². The predicted octanol–water partition coefficient (Wildman–Crippen LogP) is 1.54. The van der Waals surface area contributed by atoms with Crippen molar-refractivity contribution in [3.05, 3.63) is 30.3 Å². The fourth-order valence-electron chi connectivity index (χ4n) is 1.93. The Morgan fingerprint density at radius 3 is 2.55 bits per heavy atom. The fourth-order valence-corrected chi connectivity index (χ4v) is 1.93. The highest BCUT2D eigenvalue weighted by Crippen LogP contribution is 2.13. The molecule has 2 N–H and O–H groups in total. The monoisotopic (exact) mass is 279 g/mol. The number of anilines is 1. The first-order chi connectivity index (χ1) is 9.60. The predicted molar refractivity (Wildman–Crippen MR) is 82.0 cm³/mol. The van der Waals surface area contributed by atoms with Crippen LogP contribution in [0.4, 0.5) is 10.5 Å². The van der Waals surface area contributed by atoms with Crippen LogP contribution < -0.4 is 10.2 Å². The van der Waals surface area contributed by atoms with Crippen molar-refractivity contribution in [2.45, 2.75) is 19.9 Å². The van der Waals surface area contributed by atoms with Crippen molar-refractivity contribution < 1.29 is 9.90 Å². The Balaban J connectivity index is 2.46. The zero-order valence-electron chi connectivity index (χ0n) is 12.5. The van der Waals surface area contributed by atoms with Gasteiger partial charge in [-0.2, -0.15) is 0 Å². The highest BCUT2D eigenvalue weighted by molar-refractivity contribution is 5.74. The molecule has 112 valence electrons. The standard InChI is InChI=1S/C15H25N3O2/c1-4-18(10-11-19)15(20)16-12-13(2)17(3)14-8-6-5-7-9-14/h5-9,13,19H,4,10-12H2,1-3H3,(H,16,20). The number of nitrogens with zero attached hydrogens (tertiary/aromatic N) is 2. The lowest BCUT2D eigenvalue weighted by molar-refractivity contribution is 0.180. The zero-order chi connectivity index (χ0) is 15.0. The third-order valence-corrected chi connectivity index (χ3v) is 3.41. The Hall–Kier alpha value is -1.75. The molecule has 0 aromatic heterocycles. The maximum Gasteiger partial charge on any atom is 0.317 e. The highest BCUT2D eigenvalue weighted by atomic mass is 16.3. The van der Waals surface area contributed by atoms with Crippen molar-refractivity contribution in [3.63, 3.8) is 0 Å². The van der Waals surface area contributed by atoms with Gasteiger partial charge < -0.3 is 20.2 Å². The molecule has 1 aromatic rings. The van der Waals surface area contributed by atoms with Crippen molar-refractivity contribution in [1.29, 1.82) is 0 Å². The van der Waals surface area contributed by atoms with Gasteiger partial charge in [0.25, 0.3) is 0 Å².